The van der Waals surface area contributed by atoms with Crippen LogP contribution in [0.5, 0.6) is 11.5 Å². The second-order valence-electron chi connectivity index (χ2n) is 6.13. The van der Waals surface area contributed by atoms with Crippen LogP contribution >= 0.6 is 0 Å². The van der Waals surface area contributed by atoms with Crippen molar-refractivity contribution in [2.75, 3.05) is 0 Å². The molecule has 0 bridgehead atoms. The molecule has 2 aromatic rings. The van der Waals surface area contributed by atoms with Crippen molar-refractivity contribution in [1.82, 2.24) is 0 Å². The Morgan fingerprint density at radius 1 is 1.15 bits per heavy atom. The summed E-state index contributed by atoms with van der Waals surface area (Å²) >= 11 is 0. The summed E-state index contributed by atoms with van der Waals surface area (Å²) in [5.74, 6) is 0.358. The van der Waals surface area contributed by atoms with Crippen LogP contribution in [-0.2, 0) is 15.1 Å². The number of nitroso groups, excluding NO2 is 1. The third-order valence-corrected chi connectivity index (χ3v) is 4.73. The van der Waals surface area contributed by atoms with Gasteiger partial charge in [-0.05, 0) is 18.2 Å². The van der Waals surface area contributed by atoms with Crippen LogP contribution in [0.4, 0.5) is 0 Å². The Labute approximate surface area is 149 Å². The van der Waals surface area contributed by atoms with Gasteiger partial charge in [0.05, 0.1) is 5.92 Å². The number of phenols is 1. The van der Waals surface area contributed by atoms with Crippen molar-refractivity contribution in [3.05, 3.63) is 88.6 Å². The number of fused-ring (bicyclic) bond motifs is 2. The zero-order valence-corrected chi connectivity index (χ0v) is 13.6. The third kappa shape index (κ3) is 2.30. The molecule has 6 heteroatoms. The number of rotatable bonds is 4. The highest BCUT2D eigenvalue weighted by Crippen LogP contribution is 2.53. The van der Waals surface area contributed by atoms with Gasteiger partial charge in [0.2, 0.25) is 0 Å². The molecule has 130 valence electrons. The molecular weight excluding hydrogens is 334 g/mol. The smallest absolute Gasteiger partial charge is 0.294 e. The highest BCUT2D eigenvalue weighted by atomic mass is 16.6. The second kappa shape index (κ2) is 6.15. The maximum Gasteiger partial charge on any atom is 0.294 e. The fourth-order valence-corrected chi connectivity index (χ4v) is 3.64. The van der Waals surface area contributed by atoms with Crippen LogP contribution in [0.2, 0.25) is 0 Å². The summed E-state index contributed by atoms with van der Waals surface area (Å²) in [4.78, 5) is 22.5. The molecular formula is C20H15NO5. The van der Waals surface area contributed by atoms with Crippen molar-refractivity contribution in [3.8, 4) is 11.5 Å². The van der Waals surface area contributed by atoms with Gasteiger partial charge in [0.25, 0.3) is 6.47 Å². The van der Waals surface area contributed by atoms with E-state index in [-0.39, 0.29) is 5.75 Å². The van der Waals surface area contributed by atoms with Crippen molar-refractivity contribution in [2.45, 2.75) is 11.6 Å². The maximum atomic E-state index is 11.5. The standard InChI is InChI=1S/C20H15NO5/c22-12-25-20(13-4-2-1-3-5-13)16-8-6-14(21-24)10-18(16)26-19-11-15(23)7-9-17(19)20/h1-12,14,16,23H. The molecule has 2 aliphatic rings. The number of nitrogens with zero attached hydrogens (tertiary/aromatic N) is 1. The molecule has 0 fully saturated rings. The van der Waals surface area contributed by atoms with Gasteiger partial charge in [-0.25, -0.2) is 0 Å². The Morgan fingerprint density at radius 2 is 1.96 bits per heavy atom. The molecule has 3 atom stereocenters. The van der Waals surface area contributed by atoms with Gasteiger partial charge in [0.1, 0.15) is 23.3 Å². The molecule has 2 aromatic carbocycles. The third-order valence-electron chi connectivity index (χ3n) is 4.73. The lowest BCUT2D eigenvalue weighted by Crippen LogP contribution is -2.44. The summed E-state index contributed by atoms with van der Waals surface area (Å²) in [7, 11) is 0. The van der Waals surface area contributed by atoms with Gasteiger partial charge >= 0.3 is 0 Å². The number of benzene rings is 2. The van der Waals surface area contributed by atoms with Crippen LogP contribution in [0, 0.1) is 10.8 Å². The van der Waals surface area contributed by atoms with Crippen LogP contribution < -0.4 is 4.74 Å². The van der Waals surface area contributed by atoms with E-state index in [0.29, 0.717) is 23.5 Å². The fourth-order valence-electron chi connectivity index (χ4n) is 3.64. The van der Waals surface area contributed by atoms with E-state index in [1.807, 2.05) is 30.3 Å². The molecule has 0 saturated carbocycles. The SMILES string of the molecule is O=COC1(c2ccccc2)c2ccc(O)cc2OC2=CC(N=O)C=CC21. The topological polar surface area (TPSA) is 85.2 Å². The Morgan fingerprint density at radius 3 is 2.69 bits per heavy atom. The van der Waals surface area contributed by atoms with E-state index >= 15 is 0 Å². The minimum absolute atomic E-state index is 0.0206. The molecule has 3 unspecified atom stereocenters. The Balaban J connectivity index is 2.02. The van der Waals surface area contributed by atoms with E-state index < -0.39 is 17.6 Å². The van der Waals surface area contributed by atoms with Crippen molar-refractivity contribution in [2.24, 2.45) is 11.1 Å². The van der Waals surface area contributed by atoms with Crippen molar-refractivity contribution < 1.29 is 19.4 Å². The van der Waals surface area contributed by atoms with E-state index in [2.05, 4.69) is 5.18 Å². The second-order valence-corrected chi connectivity index (χ2v) is 6.13. The van der Waals surface area contributed by atoms with Gasteiger partial charge < -0.3 is 14.6 Å². The van der Waals surface area contributed by atoms with Crippen molar-refractivity contribution >= 4 is 6.47 Å². The predicted molar refractivity (Wildman–Crippen MR) is 93.4 cm³/mol. The van der Waals surface area contributed by atoms with Gasteiger partial charge in [-0.15, -0.1) is 4.91 Å². The van der Waals surface area contributed by atoms with Gasteiger partial charge in [0, 0.05) is 17.2 Å². The van der Waals surface area contributed by atoms with Gasteiger partial charge in [-0.3, -0.25) is 4.79 Å². The van der Waals surface area contributed by atoms with Gasteiger partial charge in [-0.2, -0.15) is 0 Å². The van der Waals surface area contributed by atoms with E-state index in [1.54, 1.807) is 24.3 Å². The first-order valence-electron chi connectivity index (χ1n) is 8.10. The van der Waals surface area contributed by atoms with E-state index in [0.717, 1.165) is 5.56 Å². The monoisotopic (exact) mass is 349 g/mol. The van der Waals surface area contributed by atoms with Crippen LogP contribution in [0.25, 0.3) is 0 Å². The first-order valence-corrected chi connectivity index (χ1v) is 8.10. The quantitative estimate of drug-likeness (QED) is 0.519. The molecule has 0 radical (unpaired) electrons. The number of hydrogen-bond acceptors (Lipinski definition) is 6. The Bertz CT molecular complexity index is 921. The lowest BCUT2D eigenvalue weighted by Gasteiger charge is -2.44. The molecule has 1 heterocycles. The lowest BCUT2D eigenvalue weighted by molar-refractivity contribution is -0.145. The fraction of sp³-hybridized carbons (Fsp3) is 0.150. The molecule has 4 rings (SSSR count). The molecule has 26 heavy (non-hydrogen) atoms. The first kappa shape index (κ1) is 16.1. The summed E-state index contributed by atoms with van der Waals surface area (Å²) < 4.78 is 11.6. The minimum atomic E-state index is -1.18. The summed E-state index contributed by atoms with van der Waals surface area (Å²) in [6, 6.07) is 13.3. The predicted octanol–water partition coefficient (Wildman–Crippen LogP) is 3.41. The zero-order chi connectivity index (χ0) is 18.1. The average molecular weight is 349 g/mol. The first-order chi connectivity index (χ1) is 12.7. The number of hydrogen-bond donors (Lipinski definition) is 1. The summed E-state index contributed by atoms with van der Waals surface area (Å²) in [6.07, 6.45) is 5.02. The largest absolute Gasteiger partial charge is 0.508 e. The molecule has 0 saturated heterocycles. The highest BCUT2D eigenvalue weighted by molar-refractivity contribution is 5.57. The molecule has 0 spiro atoms. The van der Waals surface area contributed by atoms with Crippen LogP contribution in [0.1, 0.15) is 11.1 Å². The Hall–Kier alpha value is -3.41. The molecule has 1 aliphatic heterocycles. The highest BCUT2D eigenvalue weighted by Gasteiger charge is 2.51. The molecule has 0 amide bonds. The van der Waals surface area contributed by atoms with Crippen LogP contribution in [0.3, 0.4) is 0 Å². The Kier molecular flexibility index (Phi) is 3.80. The van der Waals surface area contributed by atoms with E-state index in [9.17, 15) is 14.8 Å². The molecule has 1 aliphatic carbocycles. The van der Waals surface area contributed by atoms with Crippen LogP contribution in [-0.4, -0.2) is 17.6 Å². The average Bonchev–Trinajstić information content (AvgIpc) is 2.67. The van der Waals surface area contributed by atoms with Gasteiger partial charge in [0.15, 0.2) is 5.60 Å². The molecule has 6 nitrogen and oxygen atoms in total. The van der Waals surface area contributed by atoms with E-state index in [4.69, 9.17) is 9.47 Å². The molecule has 1 N–H and O–H groups in total. The van der Waals surface area contributed by atoms with Crippen LogP contribution in [0.15, 0.2) is 77.7 Å². The lowest BCUT2D eigenvalue weighted by atomic mass is 9.71. The summed E-state index contributed by atoms with van der Waals surface area (Å²) in [5.41, 5.74) is 0.179. The van der Waals surface area contributed by atoms with Crippen molar-refractivity contribution in [1.29, 1.82) is 0 Å². The normalized spacial score (nSPS) is 25.9. The number of ether oxygens (including phenoxy) is 2. The zero-order valence-electron chi connectivity index (χ0n) is 13.6. The van der Waals surface area contributed by atoms with Gasteiger partial charge in [-0.1, -0.05) is 47.7 Å². The number of aromatic hydroxyl groups is 1. The number of carbonyl (C=O) groups excluding carboxylic acids is 1. The van der Waals surface area contributed by atoms with Crippen molar-refractivity contribution in [3.63, 3.8) is 0 Å². The minimum Gasteiger partial charge on any atom is -0.508 e. The summed E-state index contributed by atoms with van der Waals surface area (Å²) in [6.45, 7) is 0.407. The van der Waals surface area contributed by atoms with E-state index in [1.165, 1.54) is 12.1 Å². The maximum absolute atomic E-state index is 11.5. The number of phenolic OH excluding ortho intramolecular Hbond substituents is 1. The summed E-state index contributed by atoms with van der Waals surface area (Å²) in [5, 5.41) is 12.9. The molecule has 0 aromatic heterocycles. The number of carbonyl (C=O) groups is 1.